The summed E-state index contributed by atoms with van der Waals surface area (Å²) in [6, 6.07) is 6.83. The fourth-order valence-electron chi connectivity index (χ4n) is 3.26. The highest BCUT2D eigenvalue weighted by atomic mass is 79.9. The standard InChI is InChI=1S/C20H19BrF2NO4PS/c1-9-4-10(2)14(11(3)5-9)8-28-15-7-12(19(24)25)6-13-16(21)18(30-17(13)15)20(22,23)29(26)27/h4-7,26-27H,8H2,1-3H3,(H2,24,25). The third-order valence-corrected chi connectivity index (χ3v) is 7.97. The van der Waals surface area contributed by atoms with Gasteiger partial charge in [-0.2, -0.15) is 8.78 Å². The third kappa shape index (κ3) is 4.22. The van der Waals surface area contributed by atoms with Crippen LogP contribution >= 0.6 is 35.6 Å². The van der Waals surface area contributed by atoms with Crippen LogP contribution in [0.4, 0.5) is 8.78 Å². The second kappa shape index (κ2) is 8.48. The van der Waals surface area contributed by atoms with Crippen molar-refractivity contribution in [1.29, 1.82) is 0 Å². The number of nitrogens with two attached hydrogens (primary N) is 1. The topological polar surface area (TPSA) is 92.8 Å². The Bertz CT molecular complexity index is 1130. The summed E-state index contributed by atoms with van der Waals surface area (Å²) in [7, 11) is -3.54. The summed E-state index contributed by atoms with van der Waals surface area (Å²) in [6.07, 6.45) is 0. The van der Waals surface area contributed by atoms with E-state index in [1.165, 1.54) is 12.1 Å². The van der Waals surface area contributed by atoms with Gasteiger partial charge in [-0.1, -0.05) is 17.7 Å². The Kier molecular flexibility index (Phi) is 6.51. The first-order chi connectivity index (χ1) is 13.9. The number of carbonyl (C=O) groups is 1. The van der Waals surface area contributed by atoms with Crippen LogP contribution in [0.5, 0.6) is 5.75 Å². The molecule has 0 radical (unpaired) electrons. The van der Waals surface area contributed by atoms with Crippen molar-refractivity contribution in [2.24, 2.45) is 5.73 Å². The van der Waals surface area contributed by atoms with E-state index in [0.717, 1.165) is 22.3 Å². The fourth-order valence-corrected chi connectivity index (χ4v) is 6.04. The number of thiophene rings is 1. The minimum absolute atomic E-state index is 0.0289. The van der Waals surface area contributed by atoms with Gasteiger partial charge in [0.15, 0.2) is 0 Å². The first kappa shape index (κ1) is 23.0. The lowest BCUT2D eigenvalue weighted by Crippen LogP contribution is -2.11. The van der Waals surface area contributed by atoms with Crippen molar-refractivity contribution >= 4 is 51.6 Å². The maximum absolute atomic E-state index is 14.3. The number of carbonyl (C=O) groups excluding carboxylic acids is 1. The van der Waals surface area contributed by atoms with Crippen LogP contribution < -0.4 is 10.5 Å². The molecule has 0 aliphatic heterocycles. The van der Waals surface area contributed by atoms with E-state index in [2.05, 4.69) is 15.9 Å². The zero-order valence-corrected chi connectivity index (χ0v) is 19.6. The molecule has 0 saturated carbocycles. The lowest BCUT2D eigenvalue weighted by molar-refractivity contribution is 0.0766. The Morgan fingerprint density at radius 2 is 1.80 bits per heavy atom. The molecule has 3 aromatic rings. The molecule has 0 unspecified atom stereocenters. The van der Waals surface area contributed by atoms with Crippen LogP contribution in [-0.4, -0.2) is 15.7 Å². The number of primary amides is 1. The van der Waals surface area contributed by atoms with Crippen molar-refractivity contribution in [3.05, 3.63) is 61.4 Å². The molecule has 0 atom stereocenters. The van der Waals surface area contributed by atoms with Gasteiger partial charge in [-0.3, -0.25) is 4.79 Å². The Morgan fingerprint density at radius 3 is 2.33 bits per heavy atom. The van der Waals surface area contributed by atoms with Crippen molar-refractivity contribution in [3.8, 4) is 5.75 Å². The molecule has 30 heavy (non-hydrogen) atoms. The maximum atomic E-state index is 14.3. The zero-order valence-electron chi connectivity index (χ0n) is 16.3. The van der Waals surface area contributed by atoms with Gasteiger partial charge in [-0.25, -0.2) is 0 Å². The zero-order chi connectivity index (χ0) is 22.4. The first-order valence-corrected chi connectivity index (χ1v) is 11.6. The summed E-state index contributed by atoms with van der Waals surface area (Å²) in [6.45, 7) is 6.08. The normalized spacial score (nSPS) is 12.0. The smallest absolute Gasteiger partial charge is 0.349 e. The number of ether oxygens (including phenoxy) is 1. The van der Waals surface area contributed by atoms with E-state index >= 15 is 0 Å². The molecular formula is C20H19BrF2NO4PS. The molecule has 3 rings (SSSR count). The van der Waals surface area contributed by atoms with Gasteiger partial charge in [-0.15, -0.1) is 11.3 Å². The Morgan fingerprint density at radius 1 is 1.20 bits per heavy atom. The van der Waals surface area contributed by atoms with E-state index in [9.17, 15) is 23.4 Å². The summed E-state index contributed by atoms with van der Waals surface area (Å²) in [5.41, 5.74) is 5.79. The number of halogens is 3. The molecule has 10 heteroatoms. The number of amides is 1. The summed E-state index contributed by atoms with van der Waals surface area (Å²) in [5, 5.41) is 0.287. The van der Waals surface area contributed by atoms with Crippen molar-refractivity contribution in [1.82, 2.24) is 0 Å². The molecule has 0 aliphatic rings. The summed E-state index contributed by atoms with van der Waals surface area (Å²) in [4.78, 5) is 29.6. The molecular weight excluding hydrogens is 499 g/mol. The molecule has 1 aromatic heterocycles. The molecule has 1 heterocycles. The second-order valence-electron chi connectivity index (χ2n) is 6.96. The van der Waals surface area contributed by atoms with Crippen LogP contribution in [-0.2, 0) is 12.3 Å². The number of fused-ring (bicyclic) bond motifs is 1. The predicted molar refractivity (Wildman–Crippen MR) is 118 cm³/mol. The van der Waals surface area contributed by atoms with E-state index in [1.807, 2.05) is 32.9 Å². The maximum Gasteiger partial charge on any atom is 0.349 e. The van der Waals surface area contributed by atoms with Crippen molar-refractivity contribution in [2.45, 2.75) is 33.0 Å². The number of hydrogen-bond donors (Lipinski definition) is 3. The highest BCUT2D eigenvalue weighted by molar-refractivity contribution is 9.10. The van der Waals surface area contributed by atoms with Gasteiger partial charge < -0.3 is 20.3 Å². The monoisotopic (exact) mass is 517 g/mol. The van der Waals surface area contributed by atoms with Crippen molar-refractivity contribution in [3.63, 3.8) is 0 Å². The van der Waals surface area contributed by atoms with E-state index in [0.29, 0.717) is 16.0 Å². The Balaban J connectivity index is 2.13. The Labute approximate surface area is 185 Å². The van der Waals surface area contributed by atoms with E-state index in [-0.39, 0.29) is 27.8 Å². The van der Waals surface area contributed by atoms with Crippen molar-refractivity contribution < 1.29 is 28.1 Å². The van der Waals surface area contributed by atoms with Crippen molar-refractivity contribution in [2.75, 3.05) is 0 Å². The average molecular weight is 518 g/mol. The quantitative estimate of drug-likeness (QED) is 0.370. The van der Waals surface area contributed by atoms with Crippen LogP contribution in [0.2, 0.25) is 0 Å². The molecule has 0 aliphatic carbocycles. The number of aryl methyl sites for hydroxylation is 3. The predicted octanol–water partition coefficient (Wildman–Crippen LogP) is 5.61. The highest BCUT2D eigenvalue weighted by Crippen LogP contribution is 2.58. The minimum atomic E-state index is -3.84. The van der Waals surface area contributed by atoms with Crippen LogP contribution in [0, 0.1) is 20.8 Å². The number of hydrogen-bond acceptors (Lipinski definition) is 5. The van der Waals surface area contributed by atoms with Gasteiger partial charge in [0, 0.05) is 15.4 Å². The van der Waals surface area contributed by atoms with E-state index in [4.69, 9.17) is 10.5 Å². The molecule has 5 nitrogen and oxygen atoms in total. The molecule has 1 amide bonds. The van der Waals surface area contributed by atoms with Gasteiger partial charge in [-0.05, 0) is 65.5 Å². The van der Waals surface area contributed by atoms with Gasteiger partial charge in [0.2, 0.25) is 14.3 Å². The lowest BCUT2D eigenvalue weighted by atomic mass is 10.0. The lowest BCUT2D eigenvalue weighted by Gasteiger charge is -2.15. The average Bonchev–Trinajstić information content (AvgIpc) is 2.98. The summed E-state index contributed by atoms with van der Waals surface area (Å²) < 4.78 is 35.0. The molecule has 0 saturated heterocycles. The SMILES string of the molecule is Cc1cc(C)c(COc2cc(C(N)=O)cc3c(Br)c(C(F)(F)P(O)O)sc23)c(C)c1. The third-order valence-electron chi connectivity index (χ3n) is 4.72. The molecule has 4 N–H and O–H groups in total. The highest BCUT2D eigenvalue weighted by Gasteiger charge is 2.45. The molecule has 2 aromatic carbocycles. The summed E-state index contributed by atoms with van der Waals surface area (Å²) >= 11 is 3.79. The molecule has 0 bridgehead atoms. The summed E-state index contributed by atoms with van der Waals surface area (Å²) in [5.74, 6) is -0.518. The van der Waals surface area contributed by atoms with Crippen LogP contribution in [0.15, 0.2) is 28.7 Å². The Hall–Kier alpha value is -1.64. The van der Waals surface area contributed by atoms with Gasteiger partial charge >= 0.3 is 5.66 Å². The van der Waals surface area contributed by atoms with Gasteiger partial charge in [0.1, 0.15) is 12.4 Å². The van der Waals surface area contributed by atoms with E-state index < -0.39 is 24.8 Å². The van der Waals surface area contributed by atoms with Crippen LogP contribution in [0.3, 0.4) is 0 Å². The van der Waals surface area contributed by atoms with Crippen LogP contribution in [0.1, 0.15) is 37.5 Å². The minimum Gasteiger partial charge on any atom is -0.487 e. The molecule has 0 spiro atoms. The first-order valence-electron chi connectivity index (χ1n) is 8.75. The van der Waals surface area contributed by atoms with E-state index in [1.54, 1.807) is 0 Å². The largest absolute Gasteiger partial charge is 0.487 e. The second-order valence-corrected chi connectivity index (χ2v) is 9.91. The van der Waals surface area contributed by atoms with Gasteiger partial charge in [0.05, 0.1) is 9.58 Å². The number of rotatable bonds is 6. The number of benzene rings is 2. The number of alkyl halides is 2. The molecule has 0 fully saturated rings. The molecule has 160 valence electrons. The van der Waals surface area contributed by atoms with Crippen LogP contribution in [0.25, 0.3) is 10.1 Å². The van der Waals surface area contributed by atoms with Gasteiger partial charge in [0.25, 0.3) is 0 Å². The fraction of sp³-hybridized carbons (Fsp3) is 0.250.